The van der Waals surface area contributed by atoms with Crippen LogP contribution in [0.15, 0.2) is 91.2 Å². The molecule has 1 aliphatic carbocycles. The quantitative estimate of drug-likeness (QED) is 0.405. The number of hydrogen-bond acceptors (Lipinski definition) is 1. The molecule has 4 rings (SSSR count). The van der Waals surface area contributed by atoms with Crippen molar-refractivity contribution >= 4 is 16.3 Å². The number of benzene rings is 2. The van der Waals surface area contributed by atoms with E-state index >= 15 is 0 Å². The van der Waals surface area contributed by atoms with Crippen molar-refractivity contribution in [2.75, 3.05) is 0 Å². The smallest absolute Gasteiger partial charge is 0.0743 e. The SMILES string of the molecule is CC.CCC=CCC1CC=CC=C1c1ncc(-c2ccccc2)c2ccccc12. The first-order valence-corrected chi connectivity index (χ1v) is 10.8. The lowest BCUT2D eigenvalue weighted by Gasteiger charge is -2.22. The average molecular weight is 382 g/mol. The van der Waals surface area contributed by atoms with E-state index in [2.05, 4.69) is 91.9 Å². The molecule has 0 spiro atoms. The van der Waals surface area contributed by atoms with Gasteiger partial charge in [-0.3, -0.25) is 4.98 Å². The van der Waals surface area contributed by atoms with E-state index in [-0.39, 0.29) is 0 Å². The fourth-order valence-electron chi connectivity index (χ4n) is 3.87. The van der Waals surface area contributed by atoms with Crippen LogP contribution in [0.4, 0.5) is 0 Å². The molecule has 1 nitrogen and oxygen atoms in total. The highest BCUT2D eigenvalue weighted by atomic mass is 14.7. The van der Waals surface area contributed by atoms with Gasteiger partial charge in [-0.1, -0.05) is 106 Å². The van der Waals surface area contributed by atoms with E-state index < -0.39 is 0 Å². The van der Waals surface area contributed by atoms with E-state index in [1.807, 2.05) is 20.0 Å². The van der Waals surface area contributed by atoms with Gasteiger partial charge in [-0.15, -0.1) is 0 Å². The van der Waals surface area contributed by atoms with Gasteiger partial charge in [0.1, 0.15) is 0 Å². The van der Waals surface area contributed by atoms with Gasteiger partial charge in [0.05, 0.1) is 5.69 Å². The first kappa shape index (κ1) is 20.8. The Morgan fingerprint density at radius 2 is 1.66 bits per heavy atom. The maximum absolute atomic E-state index is 4.96. The third kappa shape index (κ3) is 4.74. The first-order chi connectivity index (χ1) is 14.4. The van der Waals surface area contributed by atoms with Crippen LogP contribution in [-0.4, -0.2) is 4.98 Å². The van der Waals surface area contributed by atoms with Gasteiger partial charge >= 0.3 is 0 Å². The molecule has 0 aliphatic heterocycles. The number of nitrogens with zero attached hydrogens (tertiary/aromatic N) is 1. The molecule has 1 atom stereocenters. The molecule has 1 aliphatic rings. The van der Waals surface area contributed by atoms with Gasteiger partial charge in [-0.05, 0) is 41.7 Å². The Morgan fingerprint density at radius 1 is 0.931 bits per heavy atom. The molecule has 0 saturated carbocycles. The van der Waals surface area contributed by atoms with Crippen LogP contribution >= 0.6 is 0 Å². The van der Waals surface area contributed by atoms with E-state index in [1.165, 1.54) is 27.5 Å². The van der Waals surface area contributed by atoms with Crippen molar-refractivity contribution in [1.29, 1.82) is 0 Å². The van der Waals surface area contributed by atoms with Crippen LogP contribution in [0.2, 0.25) is 0 Å². The molecule has 1 unspecified atom stereocenters. The Balaban J connectivity index is 0.00000117. The summed E-state index contributed by atoms with van der Waals surface area (Å²) in [6, 6.07) is 19.2. The zero-order valence-corrected chi connectivity index (χ0v) is 17.8. The Labute approximate surface area is 175 Å². The summed E-state index contributed by atoms with van der Waals surface area (Å²) in [5.74, 6) is 0.497. The maximum Gasteiger partial charge on any atom is 0.0743 e. The van der Waals surface area contributed by atoms with Gasteiger partial charge in [-0.25, -0.2) is 0 Å². The van der Waals surface area contributed by atoms with Crippen LogP contribution in [0.5, 0.6) is 0 Å². The summed E-state index contributed by atoms with van der Waals surface area (Å²) in [6.07, 6.45) is 16.6. The predicted molar refractivity (Wildman–Crippen MR) is 128 cm³/mol. The molecule has 148 valence electrons. The van der Waals surface area contributed by atoms with Crippen LogP contribution in [-0.2, 0) is 0 Å². The number of aromatic nitrogens is 1. The van der Waals surface area contributed by atoms with Crippen molar-refractivity contribution in [3.8, 4) is 11.1 Å². The van der Waals surface area contributed by atoms with Gasteiger partial charge < -0.3 is 0 Å². The maximum atomic E-state index is 4.96. The van der Waals surface area contributed by atoms with Crippen molar-refractivity contribution in [3.05, 3.63) is 96.9 Å². The number of pyridine rings is 1. The van der Waals surface area contributed by atoms with E-state index in [4.69, 9.17) is 4.98 Å². The normalized spacial score (nSPS) is 15.8. The molecule has 0 N–H and O–H groups in total. The van der Waals surface area contributed by atoms with E-state index in [0.29, 0.717) is 5.92 Å². The van der Waals surface area contributed by atoms with Crippen molar-refractivity contribution in [3.63, 3.8) is 0 Å². The van der Waals surface area contributed by atoms with Crippen LogP contribution in [0, 0.1) is 5.92 Å². The van der Waals surface area contributed by atoms with E-state index in [0.717, 1.165) is 25.0 Å². The summed E-state index contributed by atoms with van der Waals surface area (Å²) in [5, 5.41) is 2.51. The van der Waals surface area contributed by atoms with Gasteiger partial charge in [0, 0.05) is 17.1 Å². The highest BCUT2D eigenvalue weighted by molar-refractivity contribution is 6.01. The highest BCUT2D eigenvalue weighted by Crippen LogP contribution is 2.37. The third-order valence-electron chi connectivity index (χ3n) is 5.25. The monoisotopic (exact) mass is 381 g/mol. The molecule has 0 radical (unpaired) electrons. The lowest BCUT2D eigenvalue weighted by molar-refractivity contribution is 0.686. The Hall–Kier alpha value is -2.93. The van der Waals surface area contributed by atoms with Crippen molar-refractivity contribution in [1.82, 2.24) is 4.98 Å². The largest absolute Gasteiger partial charge is 0.255 e. The summed E-state index contributed by atoms with van der Waals surface area (Å²) >= 11 is 0. The third-order valence-corrected chi connectivity index (χ3v) is 5.25. The predicted octanol–water partition coefficient (Wildman–Crippen LogP) is 8.24. The van der Waals surface area contributed by atoms with Crippen LogP contribution < -0.4 is 0 Å². The first-order valence-electron chi connectivity index (χ1n) is 10.8. The Kier molecular flexibility index (Phi) is 7.58. The molecule has 1 aromatic heterocycles. The van der Waals surface area contributed by atoms with Gasteiger partial charge in [0.25, 0.3) is 0 Å². The molecule has 0 saturated heterocycles. The molecule has 0 bridgehead atoms. The molecular formula is C28H31N. The summed E-state index contributed by atoms with van der Waals surface area (Å²) in [5.41, 5.74) is 4.90. The topological polar surface area (TPSA) is 12.9 Å². The lowest BCUT2D eigenvalue weighted by Crippen LogP contribution is -2.07. The summed E-state index contributed by atoms with van der Waals surface area (Å²) in [6.45, 7) is 6.19. The number of fused-ring (bicyclic) bond motifs is 1. The number of hydrogen-bond donors (Lipinski definition) is 0. The highest BCUT2D eigenvalue weighted by Gasteiger charge is 2.20. The standard InChI is InChI=1S/C26H25N.C2H6/c1-2-3-5-12-20-15-8-9-16-22(20)26-24-18-11-10-17-23(24)25(19-27-26)21-13-6-4-7-14-21;1-2/h3-11,13-14,16-20H,2,12,15H2,1H3;1-2H3. The zero-order chi connectivity index (χ0) is 20.5. The Bertz CT molecular complexity index is 1010. The summed E-state index contributed by atoms with van der Waals surface area (Å²) < 4.78 is 0. The summed E-state index contributed by atoms with van der Waals surface area (Å²) in [4.78, 5) is 4.96. The Morgan fingerprint density at radius 3 is 2.41 bits per heavy atom. The molecule has 1 heterocycles. The fraction of sp³-hybridized carbons (Fsp3) is 0.250. The van der Waals surface area contributed by atoms with Crippen molar-refractivity contribution < 1.29 is 0 Å². The van der Waals surface area contributed by atoms with Crippen molar-refractivity contribution in [2.45, 2.75) is 40.0 Å². The van der Waals surface area contributed by atoms with Gasteiger partial charge in [0.2, 0.25) is 0 Å². The van der Waals surface area contributed by atoms with Crippen molar-refractivity contribution in [2.24, 2.45) is 5.92 Å². The molecule has 0 fully saturated rings. The molecule has 3 aromatic rings. The number of rotatable bonds is 5. The lowest BCUT2D eigenvalue weighted by atomic mass is 9.84. The van der Waals surface area contributed by atoms with Crippen LogP contribution in [0.3, 0.4) is 0 Å². The average Bonchev–Trinajstić information content (AvgIpc) is 2.81. The minimum atomic E-state index is 0.497. The minimum Gasteiger partial charge on any atom is -0.255 e. The molecule has 0 amide bonds. The number of allylic oxidation sites excluding steroid dienone is 6. The zero-order valence-electron chi connectivity index (χ0n) is 17.8. The molecule has 29 heavy (non-hydrogen) atoms. The van der Waals surface area contributed by atoms with E-state index in [9.17, 15) is 0 Å². The molecular weight excluding hydrogens is 350 g/mol. The molecule has 2 aromatic carbocycles. The van der Waals surface area contributed by atoms with Gasteiger partial charge in [-0.2, -0.15) is 0 Å². The second-order valence-electron chi connectivity index (χ2n) is 7.03. The second kappa shape index (κ2) is 10.6. The van der Waals surface area contributed by atoms with E-state index in [1.54, 1.807) is 0 Å². The second-order valence-corrected chi connectivity index (χ2v) is 7.03. The minimum absolute atomic E-state index is 0.497. The van der Waals surface area contributed by atoms with Crippen LogP contribution in [0.1, 0.15) is 45.7 Å². The summed E-state index contributed by atoms with van der Waals surface area (Å²) in [7, 11) is 0. The fourth-order valence-corrected chi connectivity index (χ4v) is 3.87. The molecule has 1 heteroatoms. The van der Waals surface area contributed by atoms with Crippen LogP contribution in [0.25, 0.3) is 27.5 Å². The van der Waals surface area contributed by atoms with Gasteiger partial charge in [0.15, 0.2) is 0 Å².